The van der Waals surface area contributed by atoms with E-state index in [0.717, 1.165) is 35.5 Å². The summed E-state index contributed by atoms with van der Waals surface area (Å²) in [4.78, 5) is 0. The van der Waals surface area contributed by atoms with E-state index >= 15 is 0 Å². The standard InChI is InChI=1S/C20H34/c1-15-9-3-5-14-20-18-12-8-7-11-17(15)19(20)13-6-4-10-16(18)2/h3,5,15-20H,4,6-14H2,1-2H3/b5-3-. The molecule has 3 aliphatic rings. The zero-order valence-corrected chi connectivity index (χ0v) is 13.7. The Hall–Kier alpha value is -0.260. The van der Waals surface area contributed by atoms with Gasteiger partial charge in [0.15, 0.2) is 0 Å². The number of rotatable bonds is 0. The van der Waals surface area contributed by atoms with Crippen LogP contribution in [-0.2, 0) is 0 Å². The molecule has 3 rings (SSSR count). The molecule has 114 valence electrons. The molecular weight excluding hydrogens is 240 g/mol. The van der Waals surface area contributed by atoms with Crippen LogP contribution in [0.25, 0.3) is 0 Å². The van der Waals surface area contributed by atoms with Crippen molar-refractivity contribution >= 4 is 0 Å². The molecule has 6 unspecified atom stereocenters. The third kappa shape index (κ3) is 3.00. The molecule has 0 nitrogen and oxygen atoms in total. The number of hydrogen-bond acceptors (Lipinski definition) is 0. The summed E-state index contributed by atoms with van der Waals surface area (Å²) in [5.74, 6) is 6.01. The molecule has 0 aromatic rings. The van der Waals surface area contributed by atoms with Crippen molar-refractivity contribution in [2.45, 2.75) is 78.1 Å². The lowest BCUT2D eigenvalue weighted by Gasteiger charge is -2.46. The molecular formula is C20H34. The zero-order valence-electron chi connectivity index (χ0n) is 13.7. The summed E-state index contributed by atoms with van der Waals surface area (Å²) in [6.45, 7) is 5.10. The normalized spacial score (nSPS) is 47.9. The highest BCUT2D eigenvalue weighted by molar-refractivity contribution is 4.98. The Kier molecular flexibility index (Phi) is 4.89. The highest BCUT2D eigenvalue weighted by atomic mass is 14.4. The van der Waals surface area contributed by atoms with Gasteiger partial charge in [0.05, 0.1) is 0 Å². The molecule has 0 aliphatic heterocycles. The van der Waals surface area contributed by atoms with Crippen LogP contribution in [0.1, 0.15) is 78.1 Å². The van der Waals surface area contributed by atoms with Crippen molar-refractivity contribution in [3.63, 3.8) is 0 Å². The summed E-state index contributed by atoms with van der Waals surface area (Å²) < 4.78 is 0. The first-order valence-corrected chi connectivity index (χ1v) is 9.42. The van der Waals surface area contributed by atoms with Gasteiger partial charge in [-0.15, -0.1) is 0 Å². The van der Waals surface area contributed by atoms with Gasteiger partial charge in [0.25, 0.3) is 0 Å². The molecule has 0 aromatic carbocycles. The maximum atomic E-state index is 2.57. The Labute approximate surface area is 126 Å². The average Bonchev–Trinajstić information content (AvgIpc) is 2.39. The minimum atomic E-state index is 0.924. The van der Waals surface area contributed by atoms with Crippen molar-refractivity contribution in [3.05, 3.63) is 12.2 Å². The second kappa shape index (κ2) is 6.67. The van der Waals surface area contributed by atoms with E-state index in [-0.39, 0.29) is 0 Å². The third-order valence-corrected chi connectivity index (χ3v) is 6.97. The van der Waals surface area contributed by atoms with E-state index in [9.17, 15) is 0 Å². The summed E-state index contributed by atoms with van der Waals surface area (Å²) >= 11 is 0. The molecule has 0 saturated heterocycles. The zero-order chi connectivity index (χ0) is 13.9. The number of allylic oxidation sites excluding steroid dienone is 2. The molecule has 0 spiro atoms. The van der Waals surface area contributed by atoms with E-state index in [2.05, 4.69) is 26.0 Å². The van der Waals surface area contributed by atoms with Crippen LogP contribution in [0.5, 0.6) is 0 Å². The summed E-state index contributed by atoms with van der Waals surface area (Å²) in [5.41, 5.74) is 0. The molecule has 0 N–H and O–H groups in total. The second-order valence-electron chi connectivity index (χ2n) is 8.12. The molecule has 6 atom stereocenters. The van der Waals surface area contributed by atoms with E-state index in [1.807, 2.05) is 0 Å². The van der Waals surface area contributed by atoms with E-state index in [0.29, 0.717) is 0 Å². The van der Waals surface area contributed by atoms with Crippen molar-refractivity contribution < 1.29 is 0 Å². The first-order chi connectivity index (χ1) is 9.77. The lowest BCUT2D eigenvalue weighted by molar-refractivity contribution is 0.0441. The summed E-state index contributed by atoms with van der Waals surface area (Å²) in [6, 6.07) is 0. The SMILES string of the molecule is CC1CCCCC2C3CCCCC1C2C/C=C\CC3C. The lowest BCUT2D eigenvalue weighted by atomic mass is 9.59. The van der Waals surface area contributed by atoms with Gasteiger partial charge in [0.2, 0.25) is 0 Å². The van der Waals surface area contributed by atoms with Crippen LogP contribution in [0.3, 0.4) is 0 Å². The van der Waals surface area contributed by atoms with Gasteiger partial charge in [-0.1, -0.05) is 58.1 Å². The molecule has 20 heavy (non-hydrogen) atoms. The van der Waals surface area contributed by atoms with Crippen LogP contribution in [0.2, 0.25) is 0 Å². The van der Waals surface area contributed by atoms with Gasteiger partial charge >= 0.3 is 0 Å². The molecule has 0 aromatic heterocycles. The Balaban J connectivity index is 1.93. The highest BCUT2D eigenvalue weighted by Crippen LogP contribution is 2.49. The lowest BCUT2D eigenvalue weighted by Crippen LogP contribution is -2.38. The van der Waals surface area contributed by atoms with Crippen LogP contribution < -0.4 is 0 Å². The van der Waals surface area contributed by atoms with Crippen LogP contribution in [0, 0.1) is 35.5 Å². The second-order valence-corrected chi connectivity index (χ2v) is 8.12. The Morgan fingerprint density at radius 3 is 1.85 bits per heavy atom. The molecule has 2 fully saturated rings. The van der Waals surface area contributed by atoms with Gasteiger partial charge in [-0.05, 0) is 67.6 Å². The summed E-state index contributed by atoms with van der Waals surface area (Å²) in [6.07, 6.45) is 19.9. The first kappa shape index (κ1) is 14.7. The van der Waals surface area contributed by atoms with E-state index in [1.54, 1.807) is 0 Å². The van der Waals surface area contributed by atoms with Crippen molar-refractivity contribution in [1.82, 2.24) is 0 Å². The molecule has 0 amide bonds. The molecule has 0 heterocycles. The van der Waals surface area contributed by atoms with Gasteiger partial charge in [-0.3, -0.25) is 0 Å². The fourth-order valence-corrected chi connectivity index (χ4v) is 5.81. The molecule has 4 bridgehead atoms. The molecule has 0 radical (unpaired) electrons. The summed E-state index contributed by atoms with van der Waals surface area (Å²) in [5, 5.41) is 0. The summed E-state index contributed by atoms with van der Waals surface area (Å²) in [7, 11) is 0. The quantitative estimate of drug-likeness (QED) is 0.460. The van der Waals surface area contributed by atoms with Crippen molar-refractivity contribution in [1.29, 1.82) is 0 Å². The largest absolute Gasteiger partial charge is 0.0883 e. The molecule has 0 heteroatoms. The maximum Gasteiger partial charge on any atom is -0.0317 e. The average molecular weight is 274 g/mol. The minimum Gasteiger partial charge on any atom is -0.0883 e. The van der Waals surface area contributed by atoms with Crippen LogP contribution in [0.4, 0.5) is 0 Å². The van der Waals surface area contributed by atoms with Crippen molar-refractivity contribution in [2.24, 2.45) is 35.5 Å². The fraction of sp³-hybridized carbons (Fsp3) is 0.900. The Morgan fingerprint density at radius 2 is 1.10 bits per heavy atom. The number of hydrogen-bond donors (Lipinski definition) is 0. The van der Waals surface area contributed by atoms with Crippen LogP contribution >= 0.6 is 0 Å². The topological polar surface area (TPSA) is 0 Å². The monoisotopic (exact) mass is 274 g/mol. The van der Waals surface area contributed by atoms with Gasteiger partial charge < -0.3 is 0 Å². The van der Waals surface area contributed by atoms with Crippen LogP contribution in [-0.4, -0.2) is 0 Å². The van der Waals surface area contributed by atoms with Crippen LogP contribution in [0.15, 0.2) is 12.2 Å². The predicted molar refractivity (Wildman–Crippen MR) is 87.6 cm³/mol. The maximum absolute atomic E-state index is 2.57. The Bertz CT molecular complexity index is 329. The predicted octanol–water partition coefficient (Wildman–Crippen LogP) is 6.22. The van der Waals surface area contributed by atoms with E-state index in [1.165, 1.54) is 64.2 Å². The van der Waals surface area contributed by atoms with Gasteiger partial charge in [0, 0.05) is 0 Å². The molecule has 3 aliphatic carbocycles. The third-order valence-electron chi connectivity index (χ3n) is 6.97. The smallest absolute Gasteiger partial charge is 0.0317 e. The highest BCUT2D eigenvalue weighted by Gasteiger charge is 2.40. The van der Waals surface area contributed by atoms with E-state index in [4.69, 9.17) is 0 Å². The van der Waals surface area contributed by atoms with Gasteiger partial charge in [0.1, 0.15) is 0 Å². The van der Waals surface area contributed by atoms with E-state index < -0.39 is 0 Å². The fourth-order valence-electron chi connectivity index (χ4n) is 5.81. The minimum absolute atomic E-state index is 0.924. The Morgan fingerprint density at radius 1 is 0.550 bits per heavy atom. The van der Waals surface area contributed by atoms with Gasteiger partial charge in [-0.2, -0.15) is 0 Å². The van der Waals surface area contributed by atoms with Gasteiger partial charge in [-0.25, -0.2) is 0 Å². The van der Waals surface area contributed by atoms with Crippen molar-refractivity contribution in [3.8, 4) is 0 Å². The molecule has 2 saturated carbocycles. The first-order valence-electron chi connectivity index (χ1n) is 9.42. The van der Waals surface area contributed by atoms with Crippen molar-refractivity contribution in [2.75, 3.05) is 0 Å².